The molecule has 0 bridgehead atoms. The van der Waals surface area contributed by atoms with Gasteiger partial charge in [-0.15, -0.1) is 0 Å². The molecule has 4 heteroatoms. The van der Waals surface area contributed by atoms with Crippen molar-refractivity contribution in [3.05, 3.63) is 231 Å². The molecular weight excluding hydrogens is 801 g/mol. The first-order chi connectivity index (χ1) is 32.8. The lowest BCUT2D eigenvalue weighted by Crippen LogP contribution is -2.04. The summed E-state index contributed by atoms with van der Waals surface area (Å²) in [6.07, 6.45) is 0. The molecule has 0 spiro atoms. The highest BCUT2D eigenvalue weighted by Gasteiger charge is 2.25. The molecule has 0 saturated heterocycles. The van der Waals surface area contributed by atoms with E-state index >= 15 is 0 Å². The van der Waals surface area contributed by atoms with Crippen LogP contribution in [0.2, 0.25) is 0 Å². The molecule has 0 saturated carbocycles. The Bertz CT molecular complexity index is 4060. The maximum atomic E-state index is 5.39. The zero-order valence-electron chi connectivity index (χ0n) is 35.7. The van der Waals surface area contributed by atoms with Crippen molar-refractivity contribution < 1.29 is 0 Å². The second kappa shape index (κ2) is 14.3. The van der Waals surface area contributed by atoms with Crippen LogP contribution in [0.5, 0.6) is 0 Å². The zero-order chi connectivity index (χ0) is 43.3. The normalized spacial score (nSPS) is 11.9. The number of rotatable bonds is 7. The molecule has 4 nitrogen and oxygen atoms in total. The Balaban J connectivity index is 1.07. The van der Waals surface area contributed by atoms with E-state index in [1.54, 1.807) is 0 Å². The average Bonchev–Trinajstić information content (AvgIpc) is 3.93. The van der Waals surface area contributed by atoms with E-state index in [0.29, 0.717) is 5.95 Å². The molecule has 0 aliphatic heterocycles. The second-order valence-corrected chi connectivity index (χ2v) is 17.3. The molecule has 0 aliphatic carbocycles. The van der Waals surface area contributed by atoms with Crippen molar-refractivity contribution in [2.24, 2.45) is 0 Å². The van der Waals surface area contributed by atoms with Crippen LogP contribution in [-0.4, -0.2) is 19.1 Å². The summed E-state index contributed by atoms with van der Waals surface area (Å²) >= 11 is 0. The predicted octanol–water partition coefficient (Wildman–Crippen LogP) is 16.2. The smallest absolute Gasteiger partial charge is 0.235 e. The van der Waals surface area contributed by atoms with Crippen LogP contribution in [0.25, 0.3) is 133 Å². The third-order valence-electron chi connectivity index (χ3n) is 13.7. The van der Waals surface area contributed by atoms with Crippen LogP contribution in [0.1, 0.15) is 0 Å². The van der Waals surface area contributed by atoms with E-state index in [4.69, 9.17) is 9.97 Å². The van der Waals surface area contributed by atoms with E-state index in [1.165, 1.54) is 87.5 Å². The standard InChI is InChI=1S/C62H38N4/c1-6-16-39(17-7-1)44-30-34-54-58-48(44)26-28-50-46(32-36-55(60(50)58)65(54)43-24-14-5-15-25-43)47-33-37-57-61-51(47)29-27-49-45(40-18-8-2-9-19-40)31-35-56(59(49)61)66(57)62-63-52(41-20-10-3-11-21-41)38-53(64-62)42-22-12-4-13-23-42/h1-38H. The van der Waals surface area contributed by atoms with Crippen molar-refractivity contribution in [1.29, 1.82) is 0 Å². The lowest BCUT2D eigenvalue weighted by atomic mass is 9.88. The van der Waals surface area contributed by atoms with Crippen molar-refractivity contribution in [3.63, 3.8) is 0 Å². The molecule has 3 heterocycles. The number of hydrogen-bond donors (Lipinski definition) is 0. The summed E-state index contributed by atoms with van der Waals surface area (Å²) < 4.78 is 4.73. The van der Waals surface area contributed by atoms with Gasteiger partial charge < -0.3 is 4.57 Å². The van der Waals surface area contributed by atoms with Gasteiger partial charge in [-0.3, -0.25) is 4.57 Å². The summed E-state index contributed by atoms with van der Waals surface area (Å²) in [4.78, 5) is 10.8. The van der Waals surface area contributed by atoms with Crippen molar-refractivity contribution in [2.45, 2.75) is 0 Å². The van der Waals surface area contributed by atoms with E-state index in [9.17, 15) is 0 Å². The molecule has 11 aromatic carbocycles. The zero-order valence-corrected chi connectivity index (χ0v) is 35.7. The topological polar surface area (TPSA) is 35.6 Å². The maximum Gasteiger partial charge on any atom is 0.235 e. The summed E-state index contributed by atoms with van der Waals surface area (Å²) in [5, 5.41) is 9.88. The molecule has 0 atom stereocenters. The van der Waals surface area contributed by atoms with Gasteiger partial charge in [0.1, 0.15) is 0 Å². The second-order valence-electron chi connectivity index (χ2n) is 17.3. The highest BCUT2D eigenvalue weighted by molar-refractivity contribution is 6.32. The van der Waals surface area contributed by atoms with Gasteiger partial charge in [-0.25, -0.2) is 9.97 Å². The molecule has 0 amide bonds. The number of nitrogens with zero attached hydrogens (tertiary/aromatic N) is 4. The van der Waals surface area contributed by atoms with Crippen molar-refractivity contribution >= 4 is 65.2 Å². The first-order valence-electron chi connectivity index (χ1n) is 22.6. The van der Waals surface area contributed by atoms with Crippen LogP contribution < -0.4 is 0 Å². The summed E-state index contributed by atoms with van der Waals surface area (Å²) in [6, 6.07) is 83.2. The third kappa shape index (κ3) is 5.39. The van der Waals surface area contributed by atoms with Gasteiger partial charge in [0.15, 0.2) is 0 Å². The minimum Gasteiger partial charge on any atom is -0.309 e. The molecule has 3 aromatic heterocycles. The highest BCUT2D eigenvalue weighted by atomic mass is 15.2. The van der Waals surface area contributed by atoms with Crippen LogP contribution in [0.3, 0.4) is 0 Å². The van der Waals surface area contributed by atoms with E-state index in [1.807, 2.05) is 12.1 Å². The van der Waals surface area contributed by atoms with Gasteiger partial charge in [0, 0.05) is 38.4 Å². The van der Waals surface area contributed by atoms with E-state index in [-0.39, 0.29) is 0 Å². The number of para-hydroxylation sites is 1. The molecule has 306 valence electrons. The van der Waals surface area contributed by atoms with Gasteiger partial charge >= 0.3 is 0 Å². The Labute approximate surface area is 380 Å². The van der Waals surface area contributed by atoms with Crippen molar-refractivity contribution in [1.82, 2.24) is 19.1 Å². The van der Waals surface area contributed by atoms with Crippen LogP contribution in [0.4, 0.5) is 0 Å². The molecule has 14 rings (SSSR count). The van der Waals surface area contributed by atoms with Crippen molar-refractivity contribution in [3.8, 4) is 67.5 Å². The molecule has 0 fully saturated rings. The Morgan fingerprint density at radius 2 is 0.576 bits per heavy atom. The van der Waals surface area contributed by atoms with E-state index in [0.717, 1.165) is 39.2 Å². The number of hydrogen-bond acceptors (Lipinski definition) is 2. The molecular formula is C62H38N4. The van der Waals surface area contributed by atoms with Crippen LogP contribution >= 0.6 is 0 Å². The minimum atomic E-state index is 0.643. The van der Waals surface area contributed by atoms with Gasteiger partial charge in [0.2, 0.25) is 5.95 Å². The fourth-order valence-electron chi connectivity index (χ4n) is 10.8. The van der Waals surface area contributed by atoms with Crippen LogP contribution in [-0.2, 0) is 0 Å². The number of aromatic nitrogens is 4. The molecule has 0 aliphatic rings. The third-order valence-corrected chi connectivity index (χ3v) is 13.7. The van der Waals surface area contributed by atoms with Gasteiger partial charge in [-0.2, -0.15) is 0 Å². The molecule has 0 N–H and O–H groups in total. The summed E-state index contributed by atoms with van der Waals surface area (Å²) in [5.41, 5.74) is 16.8. The lowest BCUT2D eigenvalue weighted by molar-refractivity contribution is 0.996. The largest absolute Gasteiger partial charge is 0.309 e. The SMILES string of the molecule is c1ccc(-c2cc(-c3ccccc3)nc(-n3c4ccc(-c5ccccc5)c5ccc6c(-c7ccc8c9c7ccc7c(-c%10ccccc%10)ccc(c79)n8-c7ccccc7)ccc3c6c54)n2)cc1. The van der Waals surface area contributed by atoms with Crippen molar-refractivity contribution in [2.75, 3.05) is 0 Å². The van der Waals surface area contributed by atoms with Gasteiger partial charge in [-0.1, -0.05) is 188 Å². The fourth-order valence-corrected chi connectivity index (χ4v) is 10.8. The van der Waals surface area contributed by atoms with Crippen LogP contribution in [0.15, 0.2) is 231 Å². The van der Waals surface area contributed by atoms with E-state index in [2.05, 4.69) is 228 Å². The Morgan fingerprint density at radius 3 is 0.970 bits per heavy atom. The predicted molar refractivity (Wildman–Crippen MR) is 275 cm³/mol. The van der Waals surface area contributed by atoms with Gasteiger partial charge in [0.25, 0.3) is 0 Å². The summed E-state index contributed by atoms with van der Waals surface area (Å²) in [7, 11) is 0. The number of benzene rings is 11. The van der Waals surface area contributed by atoms with Crippen LogP contribution in [0, 0.1) is 0 Å². The summed E-state index contributed by atoms with van der Waals surface area (Å²) in [6.45, 7) is 0. The first-order valence-corrected chi connectivity index (χ1v) is 22.6. The highest BCUT2D eigenvalue weighted by Crippen LogP contribution is 2.49. The summed E-state index contributed by atoms with van der Waals surface area (Å²) in [5.74, 6) is 0.643. The fraction of sp³-hybridized carbons (Fsp3) is 0. The Kier molecular flexibility index (Phi) is 7.95. The monoisotopic (exact) mass is 838 g/mol. The van der Waals surface area contributed by atoms with E-state index < -0.39 is 0 Å². The quantitative estimate of drug-likeness (QED) is 0.150. The minimum absolute atomic E-state index is 0.643. The lowest BCUT2D eigenvalue weighted by Gasteiger charge is -2.14. The van der Waals surface area contributed by atoms with Gasteiger partial charge in [-0.05, 0) is 97.4 Å². The Hall–Kier alpha value is -8.86. The maximum absolute atomic E-state index is 5.39. The molecule has 0 radical (unpaired) electrons. The average molecular weight is 839 g/mol. The molecule has 66 heavy (non-hydrogen) atoms. The molecule has 14 aromatic rings. The molecule has 0 unspecified atom stereocenters. The first kappa shape index (κ1) is 36.6. The van der Waals surface area contributed by atoms with Gasteiger partial charge in [0.05, 0.1) is 33.5 Å². The Morgan fingerprint density at radius 1 is 0.258 bits per heavy atom.